The molecule has 0 spiro atoms. The monoisotopic (exact) mass is 341 g/mol. The number of aromatic nitrogens is 1. The van der Waals surface area contributed by atoms with Gasteiger partial charge in [-0.3, -0.25) is 9.59 Å². The summed E-state index contributed by atoms with van der Waals surface area (Å²) in [6, 6.07) is 17.1. The molecule has 0 bridgehead atoms. The lowest BCUT2D eigenvalue weighted by Gasteiger charge is -2.05. The first kappa shape index (κ1) is 14.6. The molecule has 0 N–H and O–H groups in total. The Morgan fingerprint density at radius 2 is 1.42 bits per heavy atom. The van der Waals surface area contributed by atoms with Crippen molar-refractivity contribution >= 4 is 33.0 Å². The van der Waals surface area contributed by atoms with Crippen LogP contribution in [0.1, 0.15) is 0 Å². The summed E-state index contributed by atoms with van der Waals surface area (Å²) in [6.45, 7) is 0. The highest BCUT2D eigenvalue weighted by molar-refractivity contribution is 5.90. The van der Waals surface area contributed by atoms with Gasteiger partial charge in [0.1, 0.15) is 16.9 Å². The highest BCUT2D eigenvalue weighted by Crippen LogP contribution is 2.25. The molecule has 3 aromatic heterocycles. The van der Waals surface area contributed by atoms with Crippen LogP contribution in [0, 0.1) is 0 Å². The van der Waals surface area contributed by atoms with Crippen LogP contribution >= 0.6 is 0 Å². The van der Waals surface area contributed by atoms with E-state index < -0.39 is 0 Å². The molecular weight excluding hydrogens is 330 g/mol. The second kappa shape index (κ2) is 5.39. The summed E-state index contributed by atoms with van der Waals surface area (Å²) in [5.41, 5.74) is 1.46. The Morgan fingerprint density at radius 3 is 2.23 bits per heavy atom. The van der Waals surface area contributed by atoms with Gasteiger partial charge >= 0.3 is 0 Å². The first-order valence-corrected chi connectivity index (χ1v) is 8.05. The van der Waals surface area contributed by atoms with Gasteiger partial charge in [-0.25, -0.2) is 4.98 Å². The van der Waals surface area contributed by atoms with Crippen LogP contribution in [0.4, 0.5) is 0 Å². The second-order valence-corrected chi connectivity index (χ2v) is 5.98. The molecule has 0 radical (unpaired) electrons. The highest BCUT2D eigenvalue weighted by Gasteiger charge is 2.12. The highest BCUT2D eigenvalue weighted by atomic mass is 16.3. The van der Waals surface area contributed by atoms with Crippen molar-refractivity contribution in [3.8, 4) is 11.3 Å². The molecule has 3 heterocycles. The predicted molar refractivity (Wildman–Crippen MR) is 99.3 cm³/mol. The van der Waals surface area contributed by atoms with E-state index in [1.165, 1.54) is 12.3 Å². The van der Waals surface area contributed by atoms with Crippen molar-refractivity contribution in [2.45, 2.75) is 0 Å². The number of pyridine rings is 1. The molecule has 5 rings (SSSR count). The maximum absolute atomic E-state index is 12.8. The number of fused-ring (bicyclic) bond motifs is 3. The summed E-state index contributed by atoms with van der Waals surface area (Å²) in [5, 5.41) is 1.34. The quantitative estimate of drug-likeness (QED) is 0.429. The van der Waals surface area contributed by atoms with Crippen LogP contribution in [-0.2, 0) is 0 Å². The van der Waals surface area contributed by atoms with Crippen LogP contribution in [0.3, 0.4) is 0 Å². The Morgan fingerprint density at radius 1 is 0.731 bits per heavy atom. The van der Waals surface area contributed by atoms with E-state index in [1.54, 1.807) is 54.6 Å². The first-order valence-electron chi connectivity index (χ1n) is 8.05. The maximum Gasteiger partial charge on any atom is 0.230 e. The molecule has 0 saturated heterocycles. The van der Waals surface area contributed by atoms with E-state index in [2.05, 4.69) is 4.98 Å². The van der Waals surface area contributed by atoms with Crippen LogP contribution in [0.25, 0.3) is 44.4 Å². The molecule has 5 aromatic rings. The van der Waals surface area contributed by atoms with E-state index in [-0.39, 0.29) is 16.6 Å². The van der Waals surface area contributed by atoms with Crippen LogP contribution < -0.4 is 10.9 Å². The van der Waals surface area contributed by atoms with Crippen LogP contribution in [0.5, 0.6) is 0 Å². The van der Waals surface area contributed by atoms with Gasteiger partial charge in [0.15, 0.2) is 5.43 Å². The van der Waals surface area contributed by atoms with Crippen LogP contribution in [0.2, 0.25) is 0 Å². The van der Waals surface area contributed by atoms with Gasteiger partial charge in [0.25, 0.3) is 0 Å². The third-order valence-electron chi connectivity index (χ3n) is 4.35. The largest absolute Gasteiger partial charge is 0.456 e. The second-order valence-electron chi connectivity index (χ2n) is 5.98. The lowest BCUT2D eigenvalue weighted by atomic mass is 10.1. The van der Waals surface area contributed by atoms with Gasteiger partial charge in [0, 0.05) is 17.8 Å². The topological polar surface area (TPSA) is 73.3 Å². The normalized spacial score (nSPS) is 11.4. The molecule has 5 nitrogen and oxygen atoms in total. The summed E-state index contributed by atoms with van der Waals surface area (Å²) >= 11 is 0. The van der Waals surface area contributed by atoms with Crippen molar-refractivity contribution in [1.29, 1.82) is 0 Å². The van der Waals surface area contributed by atoms with Crippen molar-refractivity contribution in [1.82, 2.24) is 4.98 Å². The number of hydrogen-bond acceptors (Lipinski definition) is 5. The average Bonchev–Trinajstić information content (AvgIpc) is 2.68. The zero-order valence-electron chi connectivity index (χ0n) is 13.4. The minimum absolute atomic E-state index is 0.146. The molecule has 0 atom stereocenters. The average molecular weight is 341 g/mol. The molecule has 0 aliphatic heterocycles. The van der Waals surface area contributed by atoms with Gasteiger partial charge in [-0.05, 0) is 30.3 Å². The standard InChI is InChI=1S/C21H11NO4/c23-16-10-19(25-17-7-3-1-5-13(16)17)12-9-15-20(24)14-6-2-4-8-18(14)26-21(15)22-11-12/h1-11H. The Balaban J connectivity index is 1.80. The first-order chi connectivity index (χ1) is 12.7. The van der Waals surface area contributed by atoms with E-state index in [1.807, 2.05) is 0 Å². The van der Waals surface area contributed by atoms with Crippen LogP contribution in [-0.4, -0.2) is 4.98 Å². The number of hydrogen-bond donors (Lipinski definition) is 0. The molecule has 2 aromatic carbocycles. The molecular formula is C21H11NO4. The molecule has 0 aliphatic rings. The predicted octanol–water partition coefficient (Wildman–Crippen LogP) is 4.11. The third-order valence-corrected chi connectivity index (χ3v) is 4.35. The van der Waals surface area contributed by atoms with Gasteiger partial charge in [0.2, 0.25) is 11.1 Å². The molecule has 0 fully saturated rings. The fourth-order valence-electron chi connectivity index (χ4n) is 3.07. The van der Waals surface area contributed by atoms with Gasteiger partial charge in [-0.2, -0.15) is 0 Å². The molecule has 5 heteroatoms. The van der Waals surface area contributed by atoms with E-state index >= 15 is 0 Å². The molecule has 0 unspecified atom stereocenters. The summed E-state index contributed by atoms with van der Waals surface area (Å²) < 4.78 is 11.5. The third kappa shape index (κ3) is 2.14. The van der Waals surface area contributed by atoms with Crippen molar-refractivity contribution in [3.63, 3.8) is 0 Å². The van der Waals surface area contributed by atoms with Crippen molar-refractivity contribution in [3.05, 3.63) is 87.3 Å². The number of para-hydroxylation sites is 2. The summed E-state index contributed by atoms with van der Waals surface area (Å²) in [5.74, 6) is 0.357. The Labute approximate surface area is 146 Å². The van der Waals surface area contributed by atoms with Gasteiger partial charge in [-0.15, -0.1) is 0 Å². The summed E-state index contributed by atoms with van der Waals surface area (Å²) in [7, 11) is 0. The van der Waals surface area contributed by atoms with Gasteiger partial charge in [-0.1, -0.05) is 24.3 Å². The lowest BCUT2D eigenvalue weighted by Crippen LogP contribution is -2.04. The van der Waals surface area contributed by atoms with Crippen molar-refractivity contribution in [2.75, 3.05) is 0 Å². The van der Waals surface area contributed by atoms with Crippen LogP contribution in [0.15, 0.2) is 85.3 Å². The fraction of sp³-hybridized carbons (Fsp3) is 0. The van der Waals surface area contributed by atoms with E-state index in [9.17, 15) is 9.59 Å². The molecule has 26 heavy (non-hydrogen) atoms. The molecule has 0 aliphatic carbocycles. The Kier molecular flexibility index (Phi) is 3.03. The Bertz CT molecular complexity index is 1430. The minimum atomic E-state index is -0.167. The minimum Gasteiger partial charge on any atom is -0.456 e. The SMILES string of the molecule is O=c1cc(-c2cnc3oc4ccccc4c(=O)c3c2)oc2ccccc12. The van der Waals surface area contributed by atoms with E-state index in [0.29, 0.717) is 38.6 Å². The van der Waals surface area contributed by atoms with E-state index in [0.717, 1.165) is 0 Å². The molecule has 0 amide bonds. The lowest BCUT2D eigenvalue weighted by molar-refractivity contribution is 0.618. The van der Waals surface area contributed by atoms with E-state index in [4.69, 9.17) is 8.83 Å². The molecule has 0 saturated carbocycles. The Hall–Kier alpha value is -3.73. The number of nitrogens with zero attached hydrogens (tertiary/aromatic N) is 1. The number of rotatable bonds is 1. The number of benzene rings is 2. The smallest absolute Gasteiger partial charge is 0.230 e. The van der Waals surface area contributed by atoms with Gasteiger partial charge in [0.05, 0.1) is 16.2 Å². The van der Waals surface area contributed by atoms with Crippen molar-refractivity contribution in [2.24, 2.45) is 0 Å². The van der Waals surface area contributed by atoms with Crippen molar-refractivity contribution < 1.29 is 8.83 Å². The zero-order valence-corrected chi connectivity index (χ0v) is 13.4. The van der Waals surface area contributed by atoms with Gasteiger partial charge < -0.3 is 8.83 Å². The summed E-state index contributed by atoms with van der Waals surface area (Å²) in [6.07, 6.45) is 1.53. The molecule has 124 valence electrons. The fourth-order valence-corrected chi connectivity index (χ4v) is 3.07. The maximum atomic E-state index is 12.8. The summed E-state index contributed by atoms with van der Waals surface area (Å²) in [4.78, 5) is 29.3. The zero-order chi connectivity index (χ0) is 17.7.